The Morgan fingerprint density at radius 2 is 2.25 bits per heavy atom. The summed E-state index contributed by atoms with van der Waals surface area (Å²) < 4.78 is 18.4. The standard InChI is InChI=1S/C11H10FNO3/c1-7(14)8-2-3-9-10(6-8)16-11(15)13(9)5-4-12/h2-3,6H,4-5H2,1H3. The molecule has 0 radical (unpaired) electrons. The molecule has 0 spiro atoms. The Hall–Kier alpha value is -1.91. The number of hydrogen-bond acceptors (Lipinski definition) is 3. The van der Waals surface area contributed by atoms with Gasteiger partial charge in [0.25, 0.3) is 0 Å². The lowest BCUT2D eigenvalue weighted by molar-refractivity contribution is 0.101. The van der Waals surface area contributed by atoms with E-state index in [2.05, 4.69) is 0 Å². The molecule has 0 aliphatic rings. The monoisotopic (exact) mass is 223 g/mol. The Labute approximate surface area is 90.3 Å². The van der Waals surface area contributed by atoms with Crippen LogP contribution in [0.2, 0.25) is 0 Å². The van der Waals surface area contributed by atoms with Gasteiger partial charge in [-0.05, 0) is 25.1 Å². The molecule has 0 saturated carbocycles. The number of carbonyl (C=O) groups excluding carboxylic acids is 1. The van der Waals surface area contributed by atoms with Crippen molar-refractivity contribution in [1.82, 2.24) is 4.57 Å². The quantitative estimate of drug-likeness (QED) is 0.745. The summed E-state index contributed by atoms with van der Waals surface area (Å²) in [6.07, 6.45) is 0. The first-order valence-corrected chi connectivity index (χ1v) is 4.84. The number of rotatable bonds is 3. The maximum absolute atomic E-state index is 12.2. The summed E-state index contributed by atoms with van der Waals surface area (Å²) in [5, 5.41) is 0. The Balaban J connectivity index is 2.65. The summed E-state index contributed by atoms with van der Waals surface area (Å²) in [4.78, 5) is 22.5. The third-order valence-electron chi connectivity index (χ3n) is 2.38. The van der Waals surface area contributed by atoms with E-state index in [-0.39, 0.29) is 12.3 Å². The number of benzene rings is 1. The average Bonchev–Trinajstić information content (AvgIpc) is 2.55. The van der Waals surface area contributed by atoms with Crippen LogP contribution in [0.4, 0.5) is 4.39 Å². The van der Waals surface area contributed by atoms with E-state index in [1.54, 1.807) is 12.1 Å². The van der Waals surface area contributed by atoms with E-state index in [4.69, 9.17) is 4.42 Å². The summed E-state index contributed by atoms with van der Waals surface area (Å²) in [7, 11) is 0. The molecule has 1 heterocycles. The van der Waals surface area contributed by atoms with Crippen LogP contribution >= 0.6 is 0 Å². The first-order chi connectivity index (χ1) is 7.63. The van der Waals surface area contributed by atoms with Crippen molar-refractivity contribution in [3.63, 3.8) is 0 Å². The largest absolute Gasteiger partial charge is 0.420 e. The maximum atomic E-state index is 12.2. The molecule has 5 heteroatoms. The minimum Gasteiger partial charge on any atom is -0.408 e. The van der Waals surface area contributed by atoms with E-state index in [1.807, 2.05) is 0 Å². The Morgan fingerprint density at radius 3 is 2.88 bits per heavy atom. The smallest absolute Gasteiger partial charge is 0.408 e. The number of carbonyl (C=O) groups is 1. The minimum absolute atomic E-state index is 0.0365. The van der Waals surface area contributed by atoms with Crippen LogP contribution in [0, 0.1) is 0 Å². The lowest BCUT2D eigenvalue weighted by Gasteiger charge is -1.98. The number of aryl methyl sites for hydroxylation is 1. The molecule has 2 rings (SSSR count). The van der Waals surface area contributed by atoms with Crippen molar-refractivity contribution in [2.45, 2.75) is 13.5 Å². The number of nitrogens with zero attached hydrogens (tertiary/aromatic N) is 1. The van der Waals surface area contributed by atoms with E-state index in [1.165, 1.54) is 17.6 Å². The zero-order valence-corrected chi connectivity index (χ0v) is 8.70. The summed E-state index contributed by atoms with van der Waals surface area (Å²) in [5.41, 5.74) is 1.28. The molecule has 16 heavy (non-hydrogen) atoms. The van der Waals surface area contributed by atoms with E-state index >= 15 is 0 Å². The first kappa shape index (κ1) is 10.6. The summed E-state index contributed by atoms with van der Waals surface area (Å²) in [6, 6.07) is 4.68. The fourth-order valence-electron chi connectivity index (χ4n) is 1.58. The predicted molar refractivity (Wildman–Crippen MR) is 56.5 cm³/mol. The molecule has 0 aliphatic heterocycles. The van der Waals surface area contributed by atoms with Crippen molar-refractivity contribution >= 4 is 16.9 Å². The van der Waals surface area contributed by atoms with Crippen molar-refractivity contribution in [1.29, 1.82) is 0 Å². The molecule has 0 N–H and O–H groups in total. The molecular weight excluding hydrogens is 213 g/mol. The van der Waals surface area contributed by atoms with Gasteiger partial charge < -0.3 is 4.42 Å². The highest BCUT2D eigenvalue weighted by molar-refractivity contribution is 5.96. The van der Waals surface area contributed by atoms with Crippen LogP contribution in [0.1, 0.15) is 17.3 Å². The van der Waals surface area contributed by atoms with Gasteiger partial charge in [-0.1, -0.05) is 0 Å². The zero-order chi connectivity index (χ0) is 11.7. The Bertz CT molecular complexity index is 597. The fraction of sp³-hybridized carbons (Fsp3) is 0.273. The van der Waals surface area contributed by atoms with Gasteiger partial charge in [0.05, 0.1) is 12.1 Å². The summed E-state index contributed by atoms with van der Waals surface area (Å²) >= 11 is 0. The summed E-state index contributed by atoms with van der Waals surface area (Å²) in [5.74, 6) is -0.712. The van der Waals surface area contributed by atoms with Crippen molar-refractivity contribution in [2.24, 2.45) is 0 Å². The van der Waals surface area contributed by atoms with Crippen LogP contribution in [0.15, 0.2) is 27.4 Å². The highest BCUT2D eigenvalue weighted by Gasteiger charge is 2.10. The van der Waals surface area contributed by atoms with E-state index in [0.717, 1.165) is 0 Å². The lowest BCUT2D eigenvalue weighted by atomic mass is 10.1. The summed E-state index contributed by atoms with van der Waals surface area (Å²) in [6.45, 7) is 0.756. The van der Waals surface area contributed by atoms with Gasteiger partial charge in [-0.3, -0.25) is 9.36 Å². The second kappa shape index (κ2) is 3.92. The second-order valence-electron chi connectivity index (χ2n) is 3.45. The highest BCUT2D eigenvalue weighted by Crippen LogP contribution is 2.15. The van der Waals surface area contributed by atoms with Gasteiger partial charge in [0.1, 0.15) is 6.67 Å². The van der Waals surface area contributed by atoms with Crippen molar-refractivity contribution in [3.05, 3.63) is 34.3 Å². The number of ketones is 1. The molecule has 0 aliphatic carbocycles. The molecule has 0 fully saturated rings. The lowest BCUT2D eigenvalue weighted by Crippen LogP contribution is -2.14. The zero-order valence-electron chi connectivity index (χ0n) is 8.70. The van der Waals surface area contributed by atoms with Crippen molar-refractivity contribution in [3.8, 4) is 0 Å². The number of hydrogen-bond donors (Lipinski definition) is 0. The van der Waals surface area contributed by atoms with Crippen LogP contribution in [0.3, 0.4) is 0 Å². The third-order valence-corrected chi connectivity index (χ3v) is 2.38. The van der Waals surface area contributed by atoms with Crippen molar-refractivity contribution in [2.75, 3.05) is 6.67 Å². The highest BCUT2D eigenvalue weighted by atomic mass is 19.1. The Kier molecular flexibility index (Phi) is 2.60. The van der Waals surface area contributed by atoms with E-state index in [0.29, 0.717) is 16.7 Å². The van der Waals surface area contributed by atoms with Crippen LogP contribution in [-0.4, -0.2) is 17.0 Å². The van der Waals surface area contributed by atoms with Crippen molar-refractivity contribution < 1.29 is 13.6 Å². The number of alkyl halides is 1. The molecule has 84 valence electrons. The van der Waals surface area contributed by atoms with Crippen LogP contribution in [-0.2, 0) is 6.54 Å². The average molecular weight is 223 g/mol. The number of Topliss-reactive ketones (excluding diaryl/α,β-unsaturated/α-hetero) is 1. The van der Waals surface area contributed by atoms with Gasteiger partial charge in [0.15, 0.2) is 11.4 Å². The molecule has 0 saturated heterocycles. The van der Waals surface area contributed by atoms with E-state index in [9.17, 15) is 14.0 Å². The molecule has 4 nitrogen and oxygen atoms in total. The normalized spacial score (nSPS) is 10.9. The molecule has 0 amide bonds. The first-order valence-electron chi connectivity index (χ1n) is 4.84. The van der Waals surface area contributed by atoms with Gasteiger partial charge in [-0.25, -0.2) is 9.18 Å². The fourth-order valence-corrected chi connectivity index (χ4v) is 1.58. The second-order valence-corrected chi connectivity index (χ2v) is 3.45. The number of aromatic nitrogens is 1. The van der Waals surface area contributed by atoms with Gasteiger partial charge in [0.2, 0.25) is 0 Å². The molecule has 1 aromatic heterocycles. The number of oxazole rings is 1. The maximum Gasteiger partial charge on any atom is 0.420 e. The number of halogens is 1. The Morgan fingerprint density at radius 1 is 1.50 bits per heavy atom. The van der Waals surface area contributed by atoms with Gasteiger partial charge in [0, 0.05) is 5.56 Å². The van der Waals surface area contributed by atoms with Gasteiger partial charge >= 0.3 is 5.76 Å². The van der Waals surface area contributed by atoms with Gasteiger partial charge in [-0.15, -0.1) is 0 Å². The molecule has 0 atom stereocenters. The predicted octanol–water partition coefficient (Wildman–Crippen LogP) is 1.77. The SMILES string of the molecule is CC(=O)c1ccc2c(c1)oc(=O)n2CCF. The van der Waals surface area contributed by atoms with E-state index < -0.39 is 12.4 Å². The third kappa shape index (κ3) is 1.64. The van der Waals surface area contributed by atoms with Gasteiger partial charge in [-0.2, -0.15) is 0 Å². The van der Waals surface area contributed by atoms with Crippen LogP contribution in [0.5, 0.6) is 0 Å². The topological polar surface area (TPSA) is 52.2 Å². The number of fused-ring (bicyclic) bond motifs is 1. The molecule has 0 unspecified atom stereocenters. The minimum atomic E-state index is -0.636. The molecule has 1 aromatic carbocycles. The van der Waals surface area contributed by atoms with Crippen LogP contribution in [0.25, 0.3) is 11.1 Å². The molecule has 0 bridgehead atoms. The van der Waals surface area contributed by atoms with Crippen LogP contribution < -0.4 is 5.76 Å². The molecular formula is C11H10FNO3. The molecule has 2 aromatic rings.